The zero-order valence-electron chi connectivity index (χ0n) is 31.3. The molecule has 4 fully saturated rings. The van der Waals surface area contributed by atoms with Gasteiger partial charge < -0.3 is 19.4 Å². The van der Waals surface area contributed by atoms with Crippen LogP contribution in [0.2, 0.25) is 10.0 Å². The largest absolute Gasteiger partial charge is 0.481 e. The molecule has 1 aliphatic carbocycles. The van der Waals surface area contributed by atoms with Crippen LogP contribution in [0.25, 0.3) is 22.4 Å². The first-order chi connectivity index (χ1) is 25.9. The minimum Gasteiger partial charge on any atom is -0.481 e. The van der Waals surface area contributed by atoms with Crippen LogP contribution in [-0.2, 0) is 20.9 Å². The van der Waals surface area contributed by atoms with Gasteiger partial charge in [-0.15, -0.1) is 0 Å². The number of aromatic nitrogens is 1. The van der Waals surface area contributed by atoms with Crippen molar-refractivity contribution >= 4 is 46.6 Å². The summed E-state index contributed by atoms with van der Waals surface area (Å²) in [6, 6.07) is 15.6. The molecule has 10 nitrogen and oxygen atoms in total. The topological polar surface area (TPSA) is 89.5 Å². The highest BCUT2D eigenvalue weighted by molar-refractivity contribution is 6.39. The summed E-state index contributed by atoms with van der Waals surface area (Å²) >= 11 is 14.4. The van der Waals surface area contributed by atoms with Gasteiger partial charge in [-0.2, -0.15) is 0 Å². The van der Waals surface area contributed by atoms with Crippen molar-refractivity contribution in [1.29, 1.82) is 0 Å². The van der Waals surface area contributed by atoms with Crippen molar-refractivity contribution in [2.24, 2.45) is 16.7 Å². The third-order valence-electron chi connectivity index (χ3n) is 12.0. The van der Waals surface area contributed by atoms with Crippen molar-refractivity contribution in [3.63, 3.8) is 0 Å². The number of hydrogen-bond donors (Lipinski definition) is 0. The molecule has 282 valence electrons. The average Bonchev–Trinajstić information content (AvgIpc) is 3.38. The molecule has 3 aromatic rings. The quantitative estimate of drug-likeness (QED) is 0.277. The fourth-order valence-electron chi connectivity index (χ4n) is 9.11. The van der Waals surface area contributed by atoms with E-state index in [0.717, 1.165) is 87.7 Å². The summed E-state index contributed by atoms with van der Waals surface area (Å²) in [6.45, 7) is 14.1. The van der Waals surface area contributed by atoms with Crippen molar-refractivity contribution in [1.82, 2.24) is 24.6 Å². The summed E-state index contributed by atoms with van der Waals surface area (Å²) in [6.07, 6.45) is 6.39. The highest BCUT2D eigenvalue weighted by Gasteiger charge is 2.52. The number of pyridine rings is 1. The Morgan fingerprint density at radius 2 is 1.48 bits per heavy atom. The summed E-state index contributed by atoms with van der Waals surface area (Å²) in [5, 5.41) is 0.978. The highest BCUT2D eigenvalue weighted by atomic mass is 35.5. The van der Waals surface area contributed by atoms with Gasteiger partial charge in [0.05, 0.1) is 34.5 Å². The molecular formula is C42H46Cl2N6O4. The highest BCUT2D eigenvalue weighted by Crippen LogP contribution is 2.48. The van der Waals surface area contributed by atoms with Gasteiger partial charge in [-0.25, -0.2) is 4.98 Å². The first-order valence-electron chi connectivity index (χ1n) is 18.7. The van der Waals surface area contributed by atoms with Gasteiger partial charge in [0.2, 0.25) is 23.6 Å². The molecule has 2 atom stereocenters. The standard InChI is InChI=1S/C42H46Cl2N6O4/c1-27(51)48-17-15-46(16-18-48)20-29-11-13-34-40(53)50(22-41(34,3)19-29)36-10-6-8-32(38(36)44)31-7-5-9-33(37(31)43)35-14-12-30(39(45-35)54-4)21-47-23-42(24-47)25-49(26-42)28(2)52/h5-14,19,34H,15-18,20-26H2,1-4H3. The summed E-state index contributed by atoms with van der Waals surface area (Å²) in [5.41, 5.74) is 5.61. The molecule has 5 heterocycles. The Balaban J connectivity index is 0.987. The molecule has 0 N–H and O–H groups in total. The molecule has 12 heteroatoms. The molecule has 5 aliphatic rings. The molecule has 2 unspecified atom stereocenters. The molecule has 4 saturated heterocycles. The first kappa shape index (κ1) is 36.7. The molecule has 0 saturated carbocycles. The lowest BCUT2D eigenvalue weighted by atomic mass is 9.72. The molecule has 54 heavy (non-hydrogen) atoms. The smallest absolute Gasteiger partial charge is 0.234 e. The van der Waals surface area contributed by atoms with Crippen LogP contribution in [0.4, 0.5) is 5.69 Å². The fraction of sp³-hybridized carbons (Fsp3) is 0.429. The predicted octanol–water partition coefficient (Wildman–Crippen LogP) is 6.02. The number of piperazine rings is 1. The van der Waals surface area contributed by atoms with E-state index >= 15 is 0 Å². The maximum Gasteiger partial charge on any atom is 0.234 e. The van der Waals surface area contributed by atoms with E-state index in [1.54, 1.807) is 21.0 Å². The van der Waals surface area contributed by atoms with E-state index in [0.29, 0.717) is 33.9 Å². The number of amides is 3. The Morgan fingerprint density at radius 3 is 2.17 bits per heavy atom. The van der Waals surface area contributed by atoms with Gasteiger partial charge in [-0.05, 0) is 17.7 Å². The Morgan fingerprint density at radius 1 is 0.815 bits per heavy atom. The van der Waals surface area contributed by atoms with Crippen molar-refractivity contribution in [2.75, 3.05) is 77.5 Å². The number of carbonyl (C=O) groups excluding carboxylic acids is 3. The SMILES string of the molecule is COc1nc(-c2cccc(-c3cccc(N4CC5(C)C=C(CN6CCN(C(C)=O)CC6)C=CC5C4=O)c3Cl)c2Cl)ccc1CN1CC2(C1)CN(C(C)=O)C2. The Kier molecular flexibility index (Phi) is 9.61. The lowest BCUT2D eigenvalue weighted by Gasteiger charge is -2.60. The average molecular weight is 770 g/mol. The van der Waals surface area contributed by atoms with Gasteiger partial charge in [-0.3, -0.25) is 24.2 Å². The number of fused-ring (bicyclic) bond motifs is 1. The van der Waals surface area contributed by atoms with Gasteiger partial charge in [0, 0.05) is 119 Å². The number of likely N-dealkylation sites (tertiary alicyclic amines) is 2. The number of halogens is 2. The van der Waals surface area contributed by atoms with E-state index in [4.69, 9.17) is 32.9 Å². The summed E-state index contributed by atoms with van der Waals surface area (Å²) in [7, 11) is 1.63. The van der Waals surface area contributed by atoms with Gasteiger partial charge in [0.15, 0.2) is 0 Å². The number of nitrogens with zero attached hydrogens (tertiary/aromatic N) is 6. The fourth-order valence-corrected chi connectivity index (χ4v) is 9.76. The number of methoxy groups -OCH3 is 1. The number of rotatable bonds is 8. The molecule has 3 amide bonds. The van der Waals surface area contributed by atoms with Crippen LogP contribution in [0.5, 0.6) is 5.88 Å². The molecular weight excluding hydrogens is 723 g/mol. The molecule has 0 radical (unpaired) electrons. The van der Waals surface area contributed by atoms with Crippen molar-refractivity contribution in [2.45, 2.75) is 27.3 Å². The first-order valence-corrected chi connectivity index (χ1v) is 19.4. The van der Waals surface area contributed by atoms with Gasteiger partial charge in [0.1, 0.15) is 0 Å². The second-order valence-electron chi connectivity index (χ2n) is 16.0. The van der Waals surface area contributed by atoms with Crippen LogP contribution in [0.3, 0.4) is 0 Å². The van der Waals surface area contributed by atoms with Gasteiger partial charge in [0.25, 0.3) is 0 Å². The van der Waals surface area contributed by atoms with E-state index in [1.807, 2.05) is 69.3 Å². The minimum absolute atomic E-state index is 0.0218. The lowest BCUT2D eigenvalue weighted by Crippen LogP contribution is -2.72. The Labute approximate surface area is 326 Å². The molecule has 1 aromatic heterocycles. The van der Waals surface area contributed by atoms with Crippen molar-refractivity contribution in [3.05, 3.63) is 87.9 Å². The summed E-state index contributed by atoms with van der Waals surface area (Å²) in [5.74, 6) is 0.555. The van der Waals surface area contributed by atoms with Crippen LogP contribution < -0.4 is 9.64 Å². The molecule has 2 aromatic carbocycles. The van der Waals surface area contributed by atoms with Crippen LogP contribution in [0.1, 0.15) is 26.3 Å². The number of hydrogen-bond acceptors (Lipinski definition) is 7. The summed E-state index contributed by atoms with van der Waals surface area (Å²) < 4.78 is 5.76. The predicted molar refractivity (Wildman–Crippen MR) is 212 cm³/mol. The van der Waals surface area contributed by atoms with Crippen LogP contribution in [0.15, 0.2) is 72.3 Å². The van der Waals surface area contributed by atoms with Crippen LogP contribution in [0, 0.1) is 16.7 Å². The third kappa shape index (κ3) is 6.61. The third-order valence-corrected chi connectivity index (χ3v) is 12.8. The maximum atomic E-state index is 14.0. The molecule has 8 rings (SSSR count). The maximum absolute atomic E-state index is 14.0. The number of carbonyl (C=O) groups is 3. The molecule has 0 bridgehead atoms. The second kappa shape index (κ2) is 14.1. The second-order valence-corrected chi connectivity index (χ2v) is 16.7. The van der Waals surface area contributed by atoms with Crippen molar-refractivity contribution < 1.29 is 19.1 Å². The summed E-state index contributed by atoms with van der Waals surface area (Å²) in [4.78, 5) is 52.7. The van der Waals surface area contributed by atoms with E-state index in [2.05, 4.69) is 28.9 Å². The number of benzene rings is 2. The molecule has 1 spiro atoms. The minimum atomic E-state index is -0.388. The van der Waals surface area contributed by atoms with Crippen LogP contribution >= 0.6 is 23.2 Å². The Hall–Kier alpha value is -4.22. The normalized spacial score (nSPS) is 23.6. The molecule has 4 aliphatic heterocycles. The van der Waals surface area contributed by atoms with E-state index in [9.17, 15) is 14.4 Å². The van der Waals surface area contributed by atoms with Gasteiger partial charge in [-0.1, -0.05) is 84.8 Å². The lowest BCUT2D eigenvalue weighted by molar-refractivity contribution is -0.157. The van der Waals surface area contributed by atoms with Gasteiger partial charge >= 0.3 is 0 Å². The monoisotopic (exact) mass is 768 g/mol. The number of ether oxygens (including phenoxy) is 1. The van der Waals surface area contributed by atoms with Crippen molar-refractivity contribution in [3.8, 4) is 28.3 Å². The van der Waals surface area contributed by atoms with E-state index in [1.165, 1.54) is 5.57 Å². The van der Waals surface area contributed by atoms with Crippen LogP contribution in [-0.4, -0.2) is 115 Å². The zero-order chi connectivity index (χ0) is 37.9. The zero-order valence-corrected chi connectivity index (χ0v) is 32.8. The number of anilines is 1. The van der Waals surface area contributed by atoms with E-state index in [-0.39, 0.29) is 34.5 Å². The Bertz CT molecular complexity index is 2080. The van der Waals surface area contributed by atoms with E-state index < -0.39 is 0 Å².